The Hall–Kier alpha value is -1.68. The third kappa shape index (κ3) is 5.90. The molecule has 27 heavy (non-hydrogen) atoms. The molecule has 0 saturated carbocycles. The van der Waals surface area contributed by atoms with Gasteiger partial charge < -0.3 is 15.0 Å². The van der Waals surface area contributed by atoms with Crippen LogP contribution in [0, 0.1) is 0 Å². The molecule has 4 nitrogen and oxygen atoms in total. The van der Waals surface area contributed by atoms with E-state index in [1.807, 2.05) is 37.3 Å². The second kappa shape index (κ2) is 11.9. The lowest BCUT2D eigenvalue weighted by Crippen LogP contribution is -2.26. The molecule has 1 unspecified atom stereocenters. The highest BCUT2D eigenvalue weighted by Gasteiger charge is 2.40. The summed E-state index contributed by atoms with van der Waals surface area (Å²) in [5, 5.41) is 0. The quantitative estimate of drug-likeness (QED) is 0.237. The Morgan fingerprint density at radius 1 is 1.07 bits per heavy atom. The normalized spacial score (nSPS) is 16.4. The highest BCUT2D eigenvalue weighted by atomic mass is 35.5. The summed E-state index contributed by atoms with van der Waals surface area (Å²) in [7, 11) is 0. The Labute approximate surface area is 174 Å². The monoisotopic (exact) mass is 408 g/mol. The standard InChI is InChI=1S/C21H28N2O2S.ClH/c1-4-6-12-24-17-14-15(3)21(25-13-7-5-2)19(20(17)23-22)16-10-8-9-11-18(16)26;/h8-11,14,19,26H,4-7,12-13H2,1-3H3;1H. The fourth-order valence-corrected chi connectivity index (χ4v) is 3.22. The second-order valence-electron chi connectivity index (χ2n) is 6.44. The van der Waals surface area contributed by atoms with Crippen molar-refractivity contribution in [3.05, 3.63) is 58.5 Å². The van der Waals surface area contributed by atoms with Crippen LogP contribution in [0.1, 0.15) is 57.9 Å². The van der Waals surface area contributed by atoms with Gasteiger partial charge in [-0.2, -0.15) is 4.79 Å². The molecule has 0 saturated heterocycles. The molecule has 1 aromatic rings. The maximum atomic E-state index is 9.78. The van der Waals surface area contributed by atoms with E-state index in [1.165, 1.54) is 0 Å². The molecular formula is C21H29ClN2O2S. The zero-order valence-electron chi connectivity index (χ0n) is 16.3. The van der Waals surface area contributed by atoms with E-state index in [4.69, 9.17) is 9.47 Å². The first-order valence-electron chi connectivity index (χ1n) is 9.32. The lowest BCUT2D eigenvalue weighted by atomic mass is 9.85. The van der Waals surface area contributed by atoms with Gasteiger partial charge in [0.25, 0.3) is 0 Å². The number of ether oxygens (including phenoxy) is 2. The molecule has 0 heterocycles. The fraction of sp³-hybridized carbons (Fsp3) is 0.476. The maximum Gasteiger partial charge on any atom is 0.348 e. The van der Waals surface area contributed by atoms with Gasteiger partial charge in [0.15, 0.2) is 0 Å². The summed E-state index contributed by atoms with van der Waals surface area (Å²) in [6, 6.07) is 7.82. The van der Waals surface area contributed by atoms with E-state index in [2.05, 4.69) is 31.3 Å². The summed E-state index contributed by atoms with van der Waals surface area (Å²) in [5.74, 6) is 1.07. The third-order valence-corrected chi connectivity index (χ3v) is 4.80. The van der Waals surface area contributed by atoms with Crippen molar-refractivity contribution in [3.8, 4) is 0 Å². The number of allylic oxidation sites excluding steroid dienone is 4. The van der Waals surface area contributed by atoms with Gasteiger partial charge in [-0.05, 0) is 43.0 Å². The minimum absolute atomic E-state index is 0. The van der Waals surface area contributed by atoms with Crippen molar-refractivity contribution in [2.24, 2.45) is 0 Å². The number of halogens is 1. The lowest BCUT2D eigenvalue weighted by Gasteiger charge is -2.25. The van der Waals surface area contributed by atoms with Crippen molar-refractivity contribution in [1.29, 1.82) is 0 Å². The predicted molar refractivity (Wildman–Crippen MR) is 115 cm³/mol. The summed E-state index contributed by atoms with van der Waals surface area (Å²) in [5.41, 5.74) is 12.2. The van der Waals surface area contributed by atoms with E-state index in [1.54, 1.807) is 0 Å². The molecule has 1 aliphatic rings. The van der Waals surface area contributed by atoms with Crippen LogP contribution in [0.3, 0.4) is 0 Å². The summed E-state index contributed by atoms with van der Waals surface area (Å²) < 4.78 is 12.0. The molecule has 0 radical (unpaired) electrons. The number of rotatable bonds is 9. The van der Waals surface area contributed by atoms with Gasteiger partial charge in [-0.1, -0.05) is 44.9 Å². The zero-order chi connectivity index (χ0) is 18.9. The minimum Gasteiger partial charge on any atom is -0.496 e. The number of hydrogen-bond acceptors (Lipinski definition) is 3. The van der Waals surface area contributed by atoms with E-state index < -0.39 is 0 Å². The van der Waals surface area contributed by atoms with Gasteiger partial charge in [0, 0.05) is 4.90 Å². The molecule has 148 valence electrons. The third-order valence-electron chi connectivity index (χ3n) is 4.39. The Kier molecular flexibility index (Phi) is 10.3. The smallest absolute Gasteiger partial charge is 0.348 e. The van der Waals surface area contributed by atoms with Crippen LogP contribution in [0.25, 0.3) is 5.53 Å². The number of hydrogen-bond donors (Lipinski definition) is 1. The summed E-state index contributed by atoms with van der Waals surface area (Å²) in [6.07, 6.45) is 5.93. The molecule has 0 spiro atoms. The highest BCUT2D eigenvalue weighted by Crippen LogP contribution is 2.38. The van der Waals surface area contributed by atoms with Crippen LogP contribution in [0.4, 0.5) is 0 Å². The van der Waals surface area contributed by atoms with Crippen molar-refractivity contribution in [1.82, 2.24) is 0 Å². The maximum absolute atomic E-state index is 9.78. The van der Waals surface area contributed by atoms with E-state index >= 15 is 0 Å². The van der Waals surface area contributed by atoms with Crippen LogP contribution in [0.15, 0.2) is 52.3 Å². The number of benzene rings is 1. The van der Waals surface area contributed by atoms with Crippen molar-refractivity contribution in [2.45, 2.75) is 57.3 Å². The molecule has 1 atom stereocenters. The summed E-state index contributed by atoms with van der Waals surface area (Å²) >= 11 is 4.61. The van der Waals surface area contributed by atoms with Gasteiger partial charge in [0.05, 0.1) is 13.2 Å². The van der Waals surface area contributed by atoms with Crippen LogP contribution >= 0.6 is 25.0 Å². The van der Waals surface area contributed by atoms with E-state index in [9.17, 15) is 5.53 Å². The first kappa shape index (κ1) is 23.4. The van der Waals surface area contributed by atoms with Crippen LogP contribution in [-0.4, -0.2) is 23.7 Å². The van der Waals surface area contributed by atoms with Crippen molar-refractivity contribution < 1.29 is 14.3 Å². The number of thiol groups is 1. The van der Waals surface area contributed by atoms with Gasteiger partial charge in [-0.15, -0.1) is 25.0 Å². The van der Waals surface area contributed by atoms with Crippen molar-refractivity contribution in [3.63, 3.8) is 0 Å². The van der Waals surface area contributed by atoms with E-state index in [-0.39, 0.29) is 18.3 Å². The fourth-order valence-electron chi connectivity index (χ4n) is 2.93. The Morgan fingerprint density at radius 2 is 1.70 bits per heavy atom. The zero-order valence-corrected chi connectivity index (χ0v) is 18.0. The molecule has 2 rings (SSSR count). The summed E-state index contributed by atoms with van der Waals surface area (Å²) in [6.45, 7) is 7.48. The van der Waals surface area contributed by atoms with Crippen LogP contribution in [-0.2, 0) is 9.47 Å². The highest BCUT2D eigenvalue weighted by molar-refractivity contribution is 7.80. The number of unbranched alkanes of at least 4 members (excludes halogenated alkanes) is 2. The van der Waals surface area contributed by atoms with Gasteiger partial charge in [-0.3, -0.25) is 0 Å². The Balaban J connectivity index is 0.00000364. The van der Waals surface area contributed by atoms with Gasteiger partial charge >= 0.3 is 5.71 Å². The predicted octanol–water partition coefficient (Wildman–Crippen LogP) is 5.96. The van der Waals surface area contributed by atoms with E-state index in [0.717, 1.165) is 47.5 Å². The minimum atomic E-state index is -0.327. The van der Waals surface area contributed by atoms with Crippen molar-refractivity contribution >= 4 is 30.7 Å². The molecule has 1 aromatic carbocycles. The molecule has 6 heteroatoms. The van der Waals surface area contributed by atoms with Crippen molar-refractivity contribution in [2.75, 3.05) is 13.2 Å². The Morgan fingerprint density at radius 3 is 2.30 bits per heavy atom. The van der Waals surface area contributed by atoms with Gasteiger partial charge in [0.2, 0.25) is 5.76 Å². The first-order chi connectivity index (χ1) is 12.6. The molecule has 0 bridgehead atoms. The van der Waals surface area contributed by atoms with Crippen LogP contribution in [0.5, 0.6) is 0 Å². The number of nitrogens with zero attached hydrogens (tertiary/aromatic N) is 2. The topological polar surface area (TPSA) is 54.9 Å². The lowest BCUT2D eigenvalue weighted by molar-refractivity contribution is -0.0160. The van der Waals surface area contributed by atoms with E-state index in [0.29, 0.717) is 24.7 Å². The second-order valence-corrected chi connectivity index (χ2v) is 6.92. The van der Waals surface area contributed by atoms with Gasteiger partial charge in [0.1, 0.15) is 11.7 Å². The molecular weight excluding hydrogens is 380 g/mol. The molecule has 0 aromatic heterocycles. The average Bonchev–Trinajstić information content (AvgIpc) is 2.64. The molecule has 0 aliphatic heterocycles. The summed E-state index contributed by atoms with van der Waals surface area (Å²) in [4.78, 5) is 4.43. The van der Waals surface area contributed by atoms with Crippen LogP contribution in [0.2, 0.25) is 0 Å². The first-order valence-corrected chi connectivity index (χ1v) is 9.76. The molecule has 0 N–H and O–H groups in total. The Bertz CT molecular complexity index is 739. The molecule has 0 amide bonds. The molecule has 1 aliphatic carbocycles. The van der Waals surface area contributed by atoms with Gasteiger partial charge in [-0.25, -0.2) is 0 Å². The SMILES string of the molecule is CCCCOC1=CC(C)=C(OCCCC)C(c2ccccc2S)C1=[N+]=[N-].Cl. The average molecular weight is 409 g/mol. The van der Waals surface area contributed by atoms with Crippen LogP contribution < -0.4 is 0 Å². The largest absolute Gasteiger partial charge is 0.496 e. The molecule has 0 fully saturated rings.